The number of β-amino-alcohol motifs (C(OH)–C–C–N with tert-alkyl or cyclic N) is 1. The van der Waals surface area contributed by atoms with E-state index in [0.717, 1.165) is 80.9 Å². The number of aliphatic hydroxyl groups is 1. The Hall–Kier alpha value is -3.41. The molecule has 0 aliphatic carbocycles. The number of pyridine rings is 1. The molecule has 4 aliphatic heterocycles. The van der Waals surface area contributed by atoms with Crippen molar-refractivity contribution in [2.24, 2.45) is 0 Å². The second kappa shape index (κ2) is 11.1. The lowest BCUT2D eigenvalue weighted by molar-refractivity contribution is -0.0366. The highest BCUT2D eigenvalue weighted by Gasteiger charge is 2.45. The number of hydrogen-bond acceptors (Lipinski definition) is 9. The molecule has 0 radical (unpaired) electrons. The number of aromatic nitrogens is 5. The minimum absolute atomic E-state index is 0.00415. The predicted molar refractivity (Wildman–Crippen MR) is 170 cm³/mol. The molecule has 0 bridgehead atoms. The van der Waals surface area contributed by atoms with Crippen LogP contribution in [0, 0.1) is 12.7 Å². The van der Waals surface area contributed by atoms with Crippen molar-refractivity contribution >= 4 is 27.6 Å². The van der Waals surface area contributed by atoms with Crippen molar-refractivity contribution in [3.63, 3.8) is 0 Å². The van der Waals surface area contributed by atoms with E-state index in [1.807, 2.05) is 35.6 Å². The standard InChI is InChI=1S/C34H42FN7O3/c1-22-9-10-25-23(19-37-42(25)26-8-3-4-17-44-26)27(22)30-28(35)29-24(18-36-30)31(40-14-5-11-33(2,43)20-40)39-32(38-29)45-21-34-12-6-15-41(34)16-7-13-34/h9-10,18-19,26,43H,3-8,11-17,20-21H2,1-2H3. The van der Waals surface area contributed by atoms with Crippen LogP contribution >= 0.6 is 0 Å². The van der Waals surface area contributed by atoms with Crippen molar-refractivity contribution in [2.75, 3.05) is 44.3 Å². The molecule has 238 valence electrons. The number of benzene rings is 1. The minimum atomic E-state index is -0.870. The van der Waals surface area contributed by atoms with Gasteiger partial charge in [-0.1, -0.05) is 6.07 Å². The molecule has 7 heterocycles. The lowest BCUT2D eigenvalue weighted by Crippen LogP contribution is -2.46. The maximum Gasteiger partial charge on any atom is 0.319 e. The third-order valence-corrected chi connectivity index (χ3v) is 10.6. The van der Waals surface area contributed by atoms with Crippen LogP contribution in [0.5, 0.6) is 6.01 Å². The molecule has 2 unspecified atom stereocenters. The minimum Gasteiger partial charge on any atom is -0.461 e. The Bertz CT molecular complexity index is 1740. The van der Waals surface area contributed by atoms with E-state index in [1.54, 1.807) is 12.4 Å². The Morgan fingerprint density at radius 3 is 2.62 bits per heavy atom. The van der Waals surface area contributed by atoms with Crippen molar-refractivity contribution in [1.82, 2.24) is 29.6 Å². The molecule has 4 saturated heterocycles. The highest BCUT2D eigenvalue weighted by molar-refractivity contribution is 5.99. The number of ether oxygens (including phenoxy) is 2. The highest BCUT2D eigenvalue weighted by Crippen LogP contribution is 2.41. The Kier molecular flexibility index (Phi) is 7.18. The van der Waals surface area contributed by atoms with Gasteiger partial charge in [-0.2, -0.15) is 15.1 Å². The summed E-state index contributed by atoms with van der Waals surface area (Å²) in [5.74, 6) is 0.0425. The molecule has 0 saturated carbocycles. The second-order valence-electron chi connectivity index (χ2n) is 13.8. The molecular formula is C34H42FN7O3. The summed E-state index contributed by atoms with van der Waals surface area (Å²) in [5, 5.41) is 17.0. The van der Waals surface area contributed by atoms with Gasteiger partial charge in [-0.3, -0.25) is 9.88 Å². The first-order valence-electron chi connectivity index (χ1n) is 16.6. The fraction of sp³-hybridized carbons (Fsp3) is 0.588. The number of hydrogen-bond donors (Lipinski definition) is 1. The molecule has 45 heavy (non-hydrogen) atoms. The third kappa shape index (κ3) is 5.03. The SMILES string of the molecule is Cc1ccc2c(cnn2C2CCCCO2)c1-c1ncc2c(N3CCCC(C)(O)C3)nc(OCC34CCCN3CCC4)nc2c1F. The molecule has 2 atom stereocenters. The van der Waals surface area contributed by atoms with Crippen LogP contribution in [0.3, 0.4) is 0 Å². The van der Waals surface area contributed by atoms with E-state index in [1.165, 1.54) is 0 Å². The second-order valence-corrected chi connectivity index (χ2v) is 13.8. The molecule has 4 aliphatic rings. The number of anilines is 1. The zero-order valence-electron chi connectivity index (χ0n) is 26.3. The van der Waals surface area contributed by atoms with Crippen molar-refractivity contribution in [3.8, 4) is 17.3 Å². The Balaban J connectivity index is 1.24. The number of nitrogens with zero attached hydrogens (tertiary/aromatic N) is 7. The largest absolute Gasteiger partial charge is 0.461 e. The van der Waals surface area contributed by atoms with Gasteiger partial charge in [-0.25, -0.2) is 9.07 Å². The number of rotatable bonds is 6. The van der Waals surface area contributed by atoms with Crippen molar-refractivity contribution in [1.29, 1.82) is 0 Å². The molecule has 1 aromatic carbocycles. The molecule has 0 spiro atoms. The van der Waals surface area contributed by atoms with Crippen molar-refractivity contribution in [3.05, 3.63) is 35.9 Å². The van der Waals surface area contributed by atoms with Crippen LogP contribution in [0.25, 0.3) is 33.1 Å². The fourth-order valence-electron chi connectivity index (χ4n) is 8.25. The molecule has 4 aromatic rings. The van der Waals surface area contributed by atoms with Gasteiger partial charge in [0.25, 0.3) is 0 Å². The van der Waals surface area contributed by atoms with Crippen LogP contribution in [0.15, 0.2) is 24.5 Å². The molecule has 1 N–H and O–H groups in total. The maximum atomic E-state index is 16.9. The van der Waals surface area contributed by atoms with Crippen LogP contribution < -0.4 is 9.64 Å². The van der Waals surface area contributed by atoms with E-state index >= 15 is 4.39 Å². The maximum absolute atomic E-state index is 16.9. The molecule has 11 heteroatoms. The Morgan fingerprint density at radius 2 is 1.84 bits per heavy atom. The molecular weight excluding hydrogens is 573 g/mol. The lowest BCUT2D eigenvalue weighted by Gasteiger charge is -2.38. The summed E-state index contributed by atoms with van der Waals surface area (Å²) in [6.45, 7) is 8.28. The third-order valence-electron chi connectivity index (χ3n) is 10.6. The van der Waals surface area contributed by atoms with Gasteiger partial charge in [0.2, 0.25) is 0 Å². The predicted octanol–water partition coefficient (Wildman–Crippen LogP) is 5.55. The van der Waals surface area contributed by atoms with E-state index < -0.39 is 11.4 Å². The van der Waals surface area contributed by atoms with Crippen LogP contribution in [0.4, 0.5) is 10.2 Å². The Morgan fingerprint density at radius 1 is 1.02 bits per heavy atom. The van der Waals surface area contributed by atoms with Gasteiger partial charge in [0.05, 0.1) is 28.2 Å². The van der Waals surface area contributed by atoms with Crippen LogP contribution in [-0.2, 0) is 4.74 Å². The highest BCUT2D eigenvalue weighted by atomic mass is 19.1. The quantitative estimate of drug-likeness (QED) is 0.299. The van der Waals surface area contributed by atoms with Gasteiger partial charge in [0.15, 0.2) is 12.0 Å². The van der Waals surface area contributed by atoms with E-state index in [2.05, 4.69) is 4.90 Å². The topological polar surface area (TPSA) is 102 Å². The van der Waals surface area contributed by atoms with Gasteiger partial charge >= 0.3 is 6.01 Å². The van der Waals surface area contributed by atoms with E-state index in [4.69, 9.17) is 29.5 Å². The molecule has 3 aromatic heterocycles. The number of fused-ring (bicyclic) bond motifs is 3. The van der Waals surface area contributed by atoms with Gasteiger partial charge in [-0.15, -0.1) is 0 Å². The smallest absolute Gasteiger partial charge is 0.319 e. The number of piperidine rings is 1. The zero-order valence-corrected chi connectivity index (χ0v) is 26.3. The summed E-state index contributed by atoms with van der Waals surface area (Å²) < 4.78 is 31.2. The summed E-state index contributed by atoms with van der Waals surface area (Å²) in [5.41, 5.74) is 2.03. The lowest BCUT2D eigenvalue weighted by atomic mass is 9.95. The average Bonchev–Trinajstić information content (AvgIpc) is 3.75. The summed E-state index contributed by atoms with van der Waals surface area (Å²) in [6.07, 6.45) is 12.4. The van der Waals surface area contributed by atoms with Crippen LogP contribution in [0.2, 0.25) is 0 Å². The van der Waals surface area contributed by atoms with E-state index in [-0.39, 0.29) is 29.0 Å². The van der Waals surface area contributed by atoms with Gasteiger partial charge < -0.3 is 19.5 Å². The molecule has 4 fully saturated rings. The van der Waals surface area contributed by atoms with Crippen molar-refractivity contribution < 1.29 is 19.0 Å². The number of aryl methyl sites for hydroxylation is 1. The first-order valence-corrected chi connectivity index (χ1v) is 16.6. The van der Waals surface area contributed by atoms with E-state index in [0.29, 0.717) is 49.5 Å². The van der Waals surface area contributed by atoms with Gasteiger partial charge in [-0.05, 0) is 96.4 Å². The summed E-state index contributed by atoms with van der Waals surface area (Å²) in [7, 11) is 0. The summed E-state index contributed by atoms with van der Waals surface area (Å²) in [6, 6.07) is 4.19. The van der Waals surface area contributed by atoms with Crippen molar-refractivity contribution in [2.45, 2.75) is 89.0 Å². The molecule has 0 amide bonds. The zero-order chi connectivity index (χ0) is 30.8. The molecule has 10 nitrogen and oxygen atoms in total. The van der Waals surface area contributed by atoms with E-state index in [9.17, 15) is 5.11 Å². The van der Waals surface area contributed by atoms with Crippen LogP contribution in [0.1, 0.15) is 76.5 Å². The first-order chi connectivity index (χ1) is 21.8. The van der Waals surface area contributed by atoms with Gasteiger partial charge in [0.1, 0.15) is 23.6 Å². The molecule has 8 rings (SSSR count). The number of halogens is 1. The summed E-state index contributed by atoms with van der Waals surface area (Å²) in [4.78, 5) is 18.8. The fourth-order valence-corrected chi connectivity index (χ4v) is 8.25. The Labute approximate surface area is 262 Å². The average molecular weight is 616 g/mol. The van der Waals surface area contributed by atoms with Crippen LogP contribution in [-0.4, -0.2) is 85.3 Å². The monoisotopic (exact) mass is 615 g/mol. The van der Waals surface area contributed by atoms with Gasteiger partial charge in [0, 0.05) is 36.8 Å². The first kappa shape index (κ1) is 29.0. The summed E-state index contributed by atoms with van der Waals surface area (Å²) >= 11 is 0. The normalized spacial score (nSPS) is 25.3.